The second-order valence-corrected chi connectivity index (χ2v) is 5.89. The number of hydrogen-bond acceptors (Lipinski definition) is 1. The molecule has 2 aromatic carbocycles. The van der Waals surface area contributed by atoms with Gasteiger partial charge in [0.2, 0.25) is 0 Å². The molecule has 2 aromatic rings. The maximum absolute atomic E-state index is 6.92. The Balaban J connectivity index is 2.14. The normalized spacial score (nSPS) is 22.1. The second kappa shape index (κ2) is 5.41. The lowest BCUT2D eigenvalue weighted by atomic mass is 9.79. The number of nitrogens with two attached hydrogens (primary N) is 1. The standard InChI is InChI=1S/C19H23N/c1-2-15-8-7-11-17(14-15)19(20)13-6-5-10-16-9-3-4-12-18(16)19/h3-4,7-9,11-12,14H,2,5-6,10,13,20H2,1H3. The van der Waals surface area contributed by atoms with Crippen LogP contribution in [0, 0.1) is 0 Å². The summed E-state index contributed by atoms with van der Waals surface area (Å²) < 4.78 is 0. The van der Waals surface area contributed by atoms with Crippen molar-refractivity contribution in [3.8, 4) is 0 Å². The highest BCUT2D eigenvalue weighted by Gasteiger charge is 2.32. The third-order valence-corrected chi connectivity index (χ3v) is 4.62. The van der Waals surface area contributed by atoms with Crippen molar-refractivity contribution in [2.24, 2.45) is 5.73 Å². The summed E-state index contributed by atoms with van der Waals surface area (Å²) in [6.45, 7) is 2.20. The lowest BCUT2D eigenvalue weighted by Crippen LogP contribution is -2.38. The molecule has 104 valence electrons. The minimum atomic E-state index is -0.321. The Hall–Kier alpha value is -1.60. The Morgan fingerprint density at radius 3 is 2.75 bits per heavy atom. The van der Waals surface area contributed by atoms with Crippen molar-refractivity contribution >= 4 is 0 Å². The van der Waals surface area contributed by atoms with Crippen molar-refractivity contribution in [1.29, 1.82) is 0 Å². The first-order valence-corrected chi connectivity index (χ1v) is 7.71. The largest absolute Gasteiger partial charge is 0.318 e. The lowest BCUT2D eigenvalue weighted by molar-refractivity contribution is 0.479. The van der Waals surface area contributed by atoms with Crippen LogP contribution in [0.15, 0.2) is 48.5 Å². The predicted octanol–water partition coefficient (Wildman–Crippen LogP) is 4.18. The van der Waals surface area contributed by atoms with Crippen LogP contribution in [-0.4, -0.2) is 0 Å². The second-order valence-electron chi connectivity index (χ2n) is 5.89. The van der Waals surface area contributed by atoms with Crippen LogP contribution >= 0.6 is 0 Å². The number of fused-ring (bicyclic) bond motifs is 1. The van der Waals surface area contributed by atoms with Crippen LogP contribution in [0.2, 0.25) is 0 Å². The SMILES string of the molecule is CCc1cccc(C2(N)CCCCc3ccccc32)c1. The molecule has 2 N–H and O–H groups in total. The molecule has 1 heteroatoms. The summed E-state index contributed by atoms with van der Waals surface area (Å²) in [6.07, 6.45) is 5.69. The Morgan fingerprint density at radius 2 is 1.90 bits per heavy atom. The van der Waals surface area contributed by atoms with Crippen molar-refractivity contribution in [1.82, 2.24) is 0 Å². The molecule has 0 heterocycles. The zero-order valence-corrected chi connectivity index (χ0v) is 12.2. The summed E-state index contributed by atoms with van der Waals surface area (Å²) in [6, 6.07) is 17.5. The molecule has 20 heavy (non-hydrogen) atoms. The quantitative estimate of drug-likeness (QED) is 0.810. The zero-order chi connectivity index (χ0) is 14.0. The van der Waals surface area contributed by atoms with Gasteiger partial charge in [0.05, 0.1) is 5.54 Å². The summed E-state index contributed by atoms with van der Waals surface area (Å²) in [4.78, 5) is 0. The highest BCUT2D eigenvalue weighted by molar-refractivity contribution is 5.44. The Bertz CT molecular complexity index is 602. The molecule has 0 amide bonds. The first-order chi connectivity index (χ1) is 9.74. The molecule has 0 spiro atoms. The minimum Gasteiger partial charge on any atom is -0.318 e. The summed E-state index contributed by atoms with van der Waals surface area (Å²) in [5.41, 5.74) is 12.0. The molecular weight excluding hydrogens is 242 g/mol. The molecule has 0 aliphatic heterocycles. The number of benzene rings is 2. The van der Waals surface area contributed by atoms with Gasteiger partial charge >= 0.3 is 0 Å². The molecule has 1 atom stereocenters. The van der Waals surface area contributed by atoms with Crippen molar-refractivity contribution in [3.05, 3.63) is 70.8 Å². The van der Waals surface area contributed by atoms with E-state index in [0.717, 1.165) is 19.3 Å². The van der Waals surface area contributed by atoms with E-state index in [4.69, 9.17) is 5.73 Å². The van der Waals surface area contributed by atoms with Crippen LogP contribution in [0.4, 0.5) is 0 Å². The molecule has 0 bridgehead atoms. The third kappa shape index (κ3) is 2.27. The fourth-order valence-corrected chi connectivity index (χ4v) is 3.40. The van der Waals surface area contributed by atoms with Gasteiger partial charge in [-0.25, -0.2) is 0 Å². The summed E-state index contributed by atoms with van der Waals surface area (Å²) >= 11 is 0. The van der Waals surface area contributed by atoms with E-state index >= 15 is 0 Å². The van der Waals surface area contributed by atoms with E-state index in [2.05, 4.69) is 55.5 Å². The average molecular weight is 265 g/mol. The topological polar surface area (TPSA) is 26.0 Å². The molecule has 0 saturated heterocycles. The van der Waals surface area contributed by atoms with Gasteiger partial charge in [0.15, 0.2) is 0 Å². The van der Waals surface area contributed by atoms with Gasteiger partial charge in [0, 0.05) is 0 Å². The van der Waals surface area contributed by atoms with E-state index in [1.165, 1.54) is 35.1 Å². The van der Waals surface area contributed by atoms with Gasteiger partial charge in [-0.05, 0) is 47.9 Å². The van der Waals surface area contributed by atoms with Crippen LogP contribution in [0.25, 0.3) is 0 Å². The van der Waals surface area contributed by atoms with Crippen LogP contribution in [0.1, 0.15) is 48.4 Å². The van der Waals surface area contributed by atoms with Crippen molar-refractivity contribution in [3.63, 3.8) is 0 Å². The molecule has 0 aromatic heterocycles. The smallest absolute Gasteiger partial charge is 0.0668 e. The summed E-state index contributed by atoms with van der Waals surface area (Å²) in [5.74, 6) is 0. The first-order valence-electron chi connectivity index (χ1n) is 7.71. The van der Waals surface area contributed by atoms with E-state index in [1.54, 1.807) is 0 Å². The summed E-state index contributed by atoms with van der Waals surface area (Å²) in [7, 11) is 0. The fraction of sp³-hybridized carbons (Fsp3) is 0.368. The van der Waals surface area contributed by atoms with Crippen molar-refractivity contribution < 1.29 is 0 Å². The van der Waals surface area contributed by atoms with Gasteiger partial charge in [-0.1, -0.05) is 61.9 Å². The third-order valence-electron chi connectivity index (χ3n) is 4.62. The van der Waals surface area contributed by atoms with Crippen LogP contribution in [-0.2, 0) is 18.4 Å². The van der Waals surface area contributed by atoms with E-state index in [-0.39, 0.29) is 5.54 Å². The molecule has 0 fully saturated rings. The number of hydrogen-bond donors (Lipinski definition) is 1. The maximum Gasteiger partial charge on any atom is 0.0668 e. The van der Waals surface area contributed by atoms with E-state index in [9.17, 15) is 0 Å². The lowest BCUT2D eigenvalue weighted by Gasteiger charge is -2.31. The molecule has 1 unspecified atom stereocenters. The molecule has 1 aliphatic rings. The molecular formula is C19H23N. The van der Waals surface area contributed by atoms with Crippen LogP contribution < -0.4 is 5.73 Å². The van der Waals surface area contributed by atoms with Gasteiger partial charge in [-0.2, -0.15) is 0 Å². The van der Waals surface area contributed by atoms with E-state index in [0.29, 0.717) is 0 Å². The first kappa shape index (κ1) is 13.4. The average Bonchev–Trinajstić information content (AvgIpc) is 2.68. The molecule has 1 aliphatic carbocycles. The van der Waals surface area contributed by atoms with E-state index in [1.807, 2.05) is 0 Å². The number of rotatable bonds is 2. The van der Waals surface area contributed by atoms with Gasteiger partial charge in [0.1, 0.15) is 0 Å². The Morgan fingerprint density at radius 1 is 1.05 bits per heavy atom. The fourth-order valence-electron chi connectivity index (χ4n) is 3.40. The van der Waals surface area contributed by atoms with Crippen LogP contribution in [0.3, 0.4) is 0 Å². The monoisotopic (exact) mass is 265 g/mol. The van der Waals surface area contributed by atoms with Crippen molar-refractivity contribution in [2.45, 2.75) is 44.6 Å². The van der Waals surface area contributed by atoms with Gasteiger partial charge in [-0.15, -0.1) is 0 Å². The van der Waals surface area contributed by atoms with Gasteiger partial charge in [0.25, 0.3) is 0 Å². The van der Waals surface area contributed by atoms with Gasteiger partial charge < -0.3 is 5.73 Å². The highest BCUT2D eigenvalue weighted by atomic mass is 14.7. The van der Waals surface area contributed by atoms with Crippen molar-refractivity contribution in [2.75, 3.05) is 0 Å². The molecule has 0 saturated carbocycles. The summed E-state index contributed by atoms with van der Waals surface area (Å²) in [5, 5.41) is 0. The van der Waals surface area contributed by atoms with Crippen LogP contribution in [0.5, 0.6) is 0 Å². The molecule has 3 rings (SSSR count). The number of aryl methyl sites for hydroxylation is 2. The van der Waals surface area contributed by atoms with E-state index < -0.39 is 0 Å². The van der Waals surface area contributed by atoms with Gasteiger partial charge in [-0.3, -0.25) is 0 Å². The highest BCUT2D eigenvalue weighted by Crippen LogP contribution is 2.37. The molecule has 0 radical (unpaired) electrons. The Kier molecular flexibility index (Phi) is 3.62. The Labute approximate surface area is 121 Å². The maximum atomic E-state index is 6.92. The molecule has 1 nitrogen and oxygen atoms in total. The minimum absolute atomic E-state index is 0.321. The predicted molar refractivity (Wildman–Crippen MR) is 84.8 cm³/mol. The zero-order valence-electron chi connectivity index (χ0n) is 12.2.